The lowest BCUT2D eigenvalue weighted by atomic mass is 9.83. The zero-order valence-corrected chi connectivity index (χ0v) is 12.7. The third kappa shape index (κ3) is 3.69. The summed E-state index contributed by atoms with van der Waals surface area (Å²) >= 11 is 0. The molecule has 0 saturated carbocycles. The summed E-state index contributed by atoms with van der Waals surface area (Å²) in [6.07, 6.45) is 6.22. The maximum absolute atomic E-state index is 6.17. The van der Waals surface area contributed by atoms with Gasteiger partial charge in [-0.05, 0) is 46.1 Å². The molecule has 1 fully saturated rings. The zero-order valence-electron chi connectivity index (χ0n) is 12.7. The van der Waals surface area contributed by atoms with Crippen molar-refractivity contribution in [3.63, 3.8) is 0 Å². The average molecular weight is 256 g/mol. The minimum atomic E-state index is 0.169. The van der Waals surface area contributed by atoms with E-state index in [1.807, 2.05) is 0 Å². The number of unbranched alkanes of at least 4 members (excludes halogenated alkanes) is 1. The predicted molar refractivity (Wildman–Crippen MR) is 77.8 cm³/mol. The lowest BCUT2D eigenvalue weighted by molar-refractivity contribution is -0.0762. The molecule has 1 rings (SSSR count). The molecule has 2 N–H and O–H groups in total. The number of ether oxygens (including phenoxy) is 1. The van der Waals surface area contributed by atoms with Gasteiger partial charge in [0.1, 0.15) is 0 Å². The van der Waals surface area contributed by atoms with Gasteiger partial charge in [0.15, 0.2) is 0 Å². The Hall–Kier alpha value is -0.120. The topological polar surface area (TPSA) is 38.5 Å². The summed E-state index contributed by atoms with van der Waals surface area (Å²) < 4.78 is 5.72. The number of hydrogen-bond donors (Lipinski definition) is 1. The fourth-order valence-corrected chi connectivity index (χ4v) is 3.18. The lowest BCUT2D eigenvalue weighted by Gasteiger charge is -2.50. The van der Waals surface area contributed by atoms with Gasteiger partial charge in [-0.3, -0.25) is 4.90 Å². The predicted octanol–water partition coefficient (Wildman–Crippen LogP) is 2.78. The van der Waals surface area contributed by atoms with Crippen LogP contribution in [0.15, 0.2) is 0 Å². The van der Waals surface area contributed by atoms with Gasteiger partial charge in [-0.15, -0.1) is 0 Å². The molecule has 0 radical (unpaired) electrons. The normalized spacial score (nSPS) is 30.7. The minimum absolute atomic E-state index is 0.169. The number of nitrogens with zero attached hydrogens (tertiary/aromatic N) is 1. The van der Waals surface area contributed by atoms with E-state index in [4.69, 9.17) is 10.5 Å². The Morgan fingerprint density at radius 1 is 1.44 bits per heavy atom. The first-order valence-electron chi connectivity index (χ1n) is 7.68. The van der Waals surface area contributed by atoms with Crippen LogP contribution in [0.25, 0.3) is 0 Å². The van der Waals surface area contributed by atoms with Gasteiger partial charge in [0.05, 0.1) is 6.10 Å². The molecule has 1 heterocycles. The number of rotatable bonds is 7. The van der Waals surface area contributed by atoms with Crippen molar-refractivity contribution >= 4 is 0 Å². The molecule has 1 saturated heterocycles. The van der Waals surface area contributed by atoms with Crippen LogP contribution in [0.1, 0.15) is 59.8 Å². The van der Waals surface area contributed by atoms with Gasteiger partial charge in [0.25, 0.3) is 0 Å². The first kappa shape index (κ1) is 15.9. The number of nitrogens with two attached hydrogens (primary N) is 1. The molecule has 0 aliphatic carbocycles. The van der Waals surface area contributed by atoms with Crippen molar-refractivity contribution in [3.05, 3.63) is 0 Å². The highest BCUT2D eigenvalue weighted by molar-refractivity contribution is 4.97. The van der Waals surface area contributed by atoms with Crippen molar-refractivity contribution in [2.45, 2.75) is 77.5 Å². The van der Waals surface area contributed by atoms with Crippen LogP contribution in [0.2, 0.25) is 0 Å². The first-order chi connectivity index (χ1) is 8.59. The molecule has 0 aromatic rings. The quantitative estimate of drug-likeness (QED) is 0.761. The monoisotopic (exact) mass is 256 g/mol. The maximum Gasteiger partial charge on any atom is 0.0565 e. The van der Waals surface area contributed by atoms with Gasteiger partial charge in [0.2, 0.25) is 0 Å². The minimum Gasteiger partial charge on any atom is -0.378 e. The van der Waals surface area contributed by atoms with Crippen LogP contribution in [0.5, 0.6) is 0 Å². The van der Waals surface area contributed by atoms with Crippen LogP contribution in [-0.4, -0.2) is 42.3 Å². The smallest absolute Gasteiger partial charge is 0.0565 e. The summed E-state index contributed by atoms with van der Waals surface area (Å²) in [4.78, 5) is 2.68. The molecule has 0 amide bonds. The van der Waals surface area contributed by atoms with Gasteiger partial charge in [-0.1, -0.05) is 20.3 Å². The Labute approximate surface area is 113 Å². The van der Waals surface area contributed by atoms with Gasteiger partial charge in [-0.25, -0.2) is 0 Å². The van der Waals surface area contributed by atoms with E-state index < -0.39 is 0 Å². The highest BCUT2D eigenvalue weighted by atomic mass is 16.5. The van der Waals surface area contributed by atoms with E-state index in [-0.39, 0.29) is 5.54 Å². The second kappa shape index (κ2) is 7.46. The van der Waals surface area contributed by atoms with Crippen LogP contribution in [0.3, 0.4) is 0 Å². The van der Waals surface area contributed by atoms with Gasteiger partial charge in [0, 0.05) is 24.7 Å². The van der Waals surface area contributed by atoms with Gasteiger partial charge < -0.3 is 10.5 Å². The van der Waals surface area contributed by atoms with Crippen LogP contribution in [0, 0.1) is 0 Å². The standard InChI is InChI=1S/C15H32N2O/c1-5-7-9-17(13(3)6-2)15(12-16)8-10-18-14(4)11-15/h13-14H,5-12,16H2,1-4H3. The molecule has 108 valence electrons. The molecular formula is C15H32N2O. The van der Waals surface area contributed by atoms with E-state index in [1.165, 1.54) is 25.8 Å². The van der Waals surface area contributed by atoms with Crippen LogP contribution in [0.4, 0.5) is 0 Å². The maximum atomic E-state index is 6.17. The summed E-state index contributed by atoms with van der Waals surface area (Å²) in [7, 11) is 0. The molecule has 0 spiro atoms. The summed E-state index contributed by atoms with van der Waals surface area (Å²) in [5.74, 6) is 0. The van der Waals surface area contributed by atoms with E-state index >= 15 is 0 Å². The molecular weight excluding hydrogens is 224 g/mol. The largest absolute Gasteiger partial charge is 0.378 e. The van der Waals surface area contributed by atoms with Gasteiger partial charge >= 0.3 is 0 Å². The third-order valence-corrected chi connectivity index (χ3v) is 4.50. The molecule has 0 bridgehead atoms. The SMILES string of the molecule is CCCCN(C(C)CC)C1(CN)CCOC(C)C1. The van der Waals surface area contributed by atoms with Crippen molar-refractivity contribution in [1.29, 1.82) is 0 Å². The fraction of sp³-hybridized carbons (Fsp3) is 1.00. The van der Waals surface area contributed by atoms with Crippen molar-refractivity contribution in [2.24, 2.45) is 5.73 Å². The van der Waals surface area contributed by atoms with Crippen molar-refractivity contribution in [3.8, 4) is 0 Å². The van der Waals surface area contributed by atoms with Crippen LogP contribution >= 0.6 is 0 Å². The van der Waals surface area contributed by atoms with E-state index in [0.717, 1.165) is 26.0 Å². The number of hydrogen-bond acceptors (Lipinski definition) is 3. The summed E-state index contributed by atoms with van der Waals surface area (Å²) in [6, 6.07) is 0.616. The molecule has 1 aliphatic rings. The van der Waals surface area contributed by atoms with Crippen molar-refractivity contribution < 1.29 is 4.74 Å². The van der Waals surface area contributed by atoms with E-state index in [1.54, 1.807) is 0 Å². The highest BCUT2D eigenvalue weighted by Gasteiger charge is 2.40. The molecule has 0 aromatic carbocycles. The molecule has 3 heteroatoms. The summed E-state index contributed by atoms with van der Waals surface area (Å²) in [6.45, 7) is 11.8. The Balaban J connectivity index is 2.83. The van der Waals surface area contributed by atoms with Crippen molar-refractivity contribution in [2.75, 3.05) is 19.7 Å². The lowest BCUT2D eigenvalue weighted by Crippen LogP contribution is -2.61. The molecule has 18 heavy (non-hydrogen) atoms. The fourth-order valence-electron chi connectivity index (χ4n) is 3.18. The second-order valence-electron chi connectivity index (χ2n) is 5.87. The third-order valence-electron chi connectivity index (χ3n) is 4.50. The Kier molecular flexibility index (Phi) is 6.61. The van der Waals surface area contributed by atoms with Crippen LogP contribution < -0.4 is 5.73 Å². The Morgan fingerprint density at radius 3 is 2.67 bits per heavy atom. The second-order valence-corrected chi connectivity index (χ2v) is 5.87. The highest BCUT2D eigenvalue weighted by Crippen LogP contribution is 2.32. The summed E-state index contributed by atoms with van der Waals surface area (Å²) in [5, 5.41) is 0. The van der Waals surface area contributed by atoms with E-state index in [2.05, 4.69) is 32.6 Å². The molecule has 0 aromatic heterocycles. The molecule has 3 atom stereocenters. The van der Waals surface area contributed by atoms with Crippen LogP contribution in [-0.2, 0) is 4.74 Å². The molecule has 3 unspecified atom stereocenters. The van der Waals surface area contributed by atoms with E-state index in [0.29, 0.717) is 12.1 Å². The first-order valence-corrected chi connectivity index (χ1v) is 7.68. The Bertz CT molecular complexity index is 235. The molecule has 3 nitrogen and oxygen atoms in total. The average Bonchev–Trinajstić information content (AvgIpc) is 2.38. The van der Waals surface area contributed by atoms with Gasteiger partial charge in [-0.2, -0.15) is 0 Å². The Morgan fingerprint density at radius 2 is 2.17 bits per heavy atom. The zero-order chi connectivity index (χ0) is 13.6. The summed E-state index contributed by atoms with van der Waals surface area (Å²) in [5.41, 5.74) is 6.34. The van der Waals surface area contributed by atoms with E-state index in [9.17, 15) is 0 Å². The molecule has 1 aliphatic heterocycles. The van der Waals surface area contributed by atoms with Crippen molar-refractivity contribution in [1.82, 2.24) is 4.90 Å².